The third-order valence-corrected chi connectivity index (χ3v) is 3.43. The molecule has 1 aliphatic heterocycles. The minimum absolute atomic E-state index is 0.0401. The van der Waals surface area contributed by atoms with E-state index in [1.807, 2.05) is 24.3 Å². The molecule has 0 bridgehead atoms. The molecule has 1 atom stereocenters. The van der Waals surface area contributed by atoms with Crippen LogP contribution in [0.25, 0.3) is 0 Å². The lowest BCUT2D eigenvalue weighted by molar-refractivity contribution is -0.117. The van der Waals surface area contributed by atoms with Gasteiger partial charge in [0.05, 0.1) is 12.7 Å². The number of hydrogen-bond donors (Lipinski definition) is 2. The van der Waals surface area contributed by atoms with Crippen LogP contribution in [0.3, 0.4) is 0 Å². The first kappa shape index (κ1) is 15.0. The molecular weight excluding hydrogens is 254 g/mol. The Balaban J connectivity index is 1.77. The van der Waals surface area contributed by atoms with E-state index >= 15 is 0 Å². The van der Waals surface area contributed by atoms with Crippen LogP contribution in [0.15, 0.2) is 24.3 Å². The smallest absolute Gasteiger partial charge is 0.225 e. The second-order valence-electron chi connectivity index (χ2n) is 5.18. The van der Waals surface area contributed by atoms with E-state index in [-0.39, 0.29) is 12.0 Å². The summed E-state index contributed by atoms with van der Waals surface area (Å²) >= 11 is 0. The highest BCUT2D eigenvalue weighted by atomic mass is 16.5. The Hall–Kier alpha value is -1.43. The van der Waals surface area contributed by atoms with Gasteiger partial charge in [-0.3, -0.25) is 9.69 Å². The monoisotopic (exact) mass is 277 g/mol. The van der Waals surface area contributed by atoms with Crippen molar-refractivity contribution >= 4 is 11.6 Å². The summed E-state index contributed by atoms with van der Waals surface area (Å²) in [6, 6.07) is 7.65. The molecule has 0 radical (unpaired) electrons. The fourth-order valence-corrected chi connectivity index (χ4v) is 2.35. The Kier molecular flexibility index (Phi) is 5.52. The molecule has 110 valence electrons. The summed E-state index contributed by atoms with van der Waals surface area (Å²) in [6.07, 6.45) is 0.757. The molecule has 5 heteroatoms. The number of amides is 1. The largest absolute Gasteiger partial charge is 0.376 e. The summed E-state index contributed by atoms with van der Waals surface area (Å²) in [5, 5.41) is 2.92. The van der Waals surface area contributed by atoms with Crippen molar-refractivity contribution in [1.29, 1.82) is 0 Å². The standard InChI is InChI=1S/C15H23N3O2/c1-12-11-18(7-8-20-12)6-5-15(19)17-14-4-2-3-13(9-14)10-16/h2-4,9,12H,5-8,10-11,16H2,1H3,(H,17,19). The number of hydrogen-bond acceptors (Lipinski definition) is 4. The maximum atomic E-state index is 11.9. The molecular formula is C15H23N3O2. The van der Waals surface area contributed by atoms with Crippen LogP contribution in [-0.4, -0.2) is 43.2 Å². The van der Waals surface area contributed by atoms with Crippen molar-refractivity contribution in [2.24, 2.45) is 5.73 Å². The van der Waals surface area contributed by atoms with Gasteiger partial charge in [-0.1, -0.05) is 12.1 Å². The quantitative estimate of drug-likeness (QED) is 0.848. The molecule has 1 saturated heterocycles. The van der Waals surface area contributed by atoms with Crippen LogP contribution in [0.4, 0.5) is 5.69 Å². The van der Waals surface area contributed by atoms with Gasteiger partial charge in [0.1, 0.15) is 0 Å². The van der Waals surface area contributed by atoms with E-state index in [1.54, 1.807) is 0 Å². The van der Waals surface area contributed by atoms with Crippen molar-refractivity contribution in [1.82, 2.24) is 4.90 Å². The van der Waals surface area contributed by atoms with Gasteiger partial charge in [0, 0.05) is 38.3 Å². The van der Waals surface area contributed by atoms with Crippen molar-refractivity contribution in [2.45, 2.75) is 26.0 Å². The number of ether oxygens (including phenoxy) is 1. The lowest BCUT2D eigenvalue weighted by Crippen LogP contribution is -2.42. The van der Waals surface area contributed by atoms with Crippen molar-refractivity contribution < 1.29 is 9.53 Å². The first-order valence-corrected chi connectivity index (χ1v) is 7.10. The molecule has 2 rings (SSSR count). The van der Waals surface area contributed by atoms with Crippen molar-refractivity contribution in [2.75, 3.05) is 31.6 Å². The molecule has 0 aliphatic carbocycles. The van der Waals surface area contributed by atoms with Crippen LogP contribution in [0, 0.1) is 0 Å². The van der Waals surface area contributed by atoms with Gasteiger partial charge in [-0.15, -0.1) is 0 Å². The summed E-state index contributed by atoms with van der Waals surface area (Å²) < 4.78 is 5.48. The molecule has 1 amide bonds. The van der Waals surface area contributed by atoms with Gasteiger partial charge in [0.25, 0.3) is 0 Å². The van der Waals surface area contributed by atoms with E-state index in [0.29, 0.717) is 13.0 Å². The van der Waals surface area contributed by atoms with Crippen LogP contribution in [-0.2, 0) is 16.1 Å². The van der Waals surface area contributed by atoms with Gasteiger partial charge in [-0.25, -0.2) is 0 Å². The van der Waals surface area contributed by atoms with Gasteiger partial charge >= 0.3 is 0 Å². The minimum atomic E-state index is 0.0401. The second-order valence-corrected chi connectivity index (χ2v) is 5.18. The van der Waals surface area contributed by atoms with Gasteiger partial charge in [0.2, 0.25) is 5.91 Å². The molecule has 5 nitrogen and oxygen atoms in total. The average molecular weight is 277 g/mol. The first-order valence-electron chi connectivity index (χ1n) is 7.10. The van der Waals surface area contributed by atoms with E-state index in [9.17, 15) is 4.79 Å². The lowest BCUT2D eigenvalue weighted by atomic mass is 10.2. The zero-order chi connectivity index (χ0) is 14.4. The molecule has 1 aliphatic rings. The molecule has 20 heavy (non-hydrogen) atoms. The predicted molar refractivity (Wildman–Crippen MR) is 79.4 cm³/mol. The van der Waals surface area contributed by atoms with Crippen LogP contribution in [0.1, 0.15) is 18.9 Å². The number of carbonyl (C=O) groups excluding carboxylic acids is 1. The fraction of sp³-hybridized carbons (Fsp3) is 0.533. The number of anilines is 1. The number of benzene rings is 1. The molecule has 1 unspecified atom stereocenters. The summed E-state index contributed by atoms with van der Waals surface area (Å²) in [5.74, 6) is 0.0401. The number of nitrogens with zero attached hydrogens (tertiary/aromatic N) is 1. The van der Waals surface area contributed by atoms with Crippen LogP contribution in [0.5, 0.6) is 0 Å². The molecule has 1 aromatic carbocycles. The number of nitrogens with two attached hydrogens (primary N) is 1. The fourth-order valence-electron chi connectivity index (χ4n) is 2.35. The number of rotatable bonds is 5. The molecule has 3 N–H and O–H groups in total. The van der Waals surface area contributed by atoms with E-state index < -0.39 is 0 Å². The highest BCUT2D eigenvalue weighted by Crippen LogP contribution is 2.11. The molecule has 1 heterocycles. The maximum absolute atomic E-state index is 11.9. The number of nitrogens with one attached hydrogen (secondary N) is 1. The van der Waals surface area contributed by atoms with Gasteiger partial charge in [-0.05, 0) is 24.6 Å². The Morgan fingerprint density at radius 1 is 1.55 bits per heavy atom. The topological polar surface area (TPSA) is 67.6 Å². The van der Waals surface area contributed by atoms with Crippen molar-refractivity contribution in [3.05, 3.63) is 29.8 Å². The molecule has 1 aromatic rings. The third-order valence-electron chi connectivity index (χ3n) is 3.43. The average Bonchev–Trinajstić information content (AvgIpc) is 2.45. The highest BCUT2D eigenvalue weighted by Gasteiger charge is 2.17. The molecule has 0 saturated carbocycles. The highest BCUT2D eigenvalue weighted by molar-refractivity contribution is 5.90. The third kappa shape index (κ3) is 4.59. The predicted octanol–water partition coefficient (Wildman–Crippen LogP) is 1.19. The summed E-state index contributed by atoms with van der Waals surface area (Å²) in [5.41, 5.74) is 7.42. The van der Waals surface area contributed by atoms with E-state index in [2.05, 4.69) is 17.1 Å². The number of morpholine rings is 1. The summed E-state index contributed by atoms with van der Waals surface area (Å²) in [4.78, 5) is 14.2. The zero-order valence-electron chi connectivity index (χ0n) is 12.0. The Bertz CT molecular complexity index is 450. The van der Waals surface area contributed by atoms with E-state index in [4.69, 9.17) is 10.5 Å². The minimum Gasteiger partial charge on any atom is -0.376 e. The zero-order valence-corrected chi connectivity index (χ0v) is 12.0. The lowest BCUT2D eigenvalue weighted by Gasteiger charge is -2.30. The van der Waals surface area contributed by atoms with Gasteiger partial charge < -0.3 is 15.8 Å². The van der Waals surface area contributed by atoms with Crippen LogP contribution in [0.2, 0.25) is 0 Å². The van der Waals surface area contributed by atoms with Crippen LogP contribution < -0.4 is 11.1 Å². The first-order chi connectivity index (χ1) is 9.67. The van der Waals surface area contributed by atoms with Gasteiger partial charge in [0.15, 0.2) is 0 Å². The van der Waals surface area contributed by atoms with Crippen LogP contribution >= 0.6 is 0 Å². The summed E-state index contributed by atoms with van der Waals surface area (Å²) in [7, 11) is 0. The molecule has 1 fully saturated rings. The second kappa shape index (κ2) is 7.38. The maximum Gasteiger partial charge on any atom is 0.225 e. The summed E-state index contributed by atoms with van der Waals surface area (Å²) in [6.45, 7) is 5.87. The van der Waals surface area contributed by atoms with E-state index in [0.717, 1.165) is 37.5 Å². The SMILES string of the molecule is CC1CN(CCC(=O)Nc2cccc(CN)c2)CCO1. The Labute approximate surface area is 120 Å². The Morgan fingerprint density at radius 2 is 2.40 bits per heavy atom. The van der Waals surface area contributed by atoms with Crippen molar-refractivity contribution in [3.63, 3.8) is 0 Å². The van der Waals surface area contributed by atoms with Crippen molar-refractivity contribution in [3.8, 4) is 0 Å². The van der Waals surface area contributed by atoms with E-state index in [1.165, 1.54) is 0 Å². The molecule has 0 spiro atoms. The molecule has 0 aromatic heterocycles. The van der Waals surface area contributed by atoms with Gasteiger partial charge in [-0.2, -0.15) is 0 Å². The normalized spacial score (nSPS) is 19.8. The Morgan fingerprint density at radius 3 is 3.15 bits per heavy atom. The number of carbonyl (C=O) groups is 1.